The summed E-state index contributed by atoms with van der Waals surface area (Å²) in [6, 6.07) is 9.95. The van der Waals surface area contributed by atoms with Gasteiger partial charge in [-0.1, -0.05) is 23.4 Å². The van der Waals surface area contributed by atoms with Crippen molar-refractivity contribution in [3.8, 4) is 11.4 Å². The Kier molecular flexibility index (Phi) is 5.17. The lowest BCUT2D eigenvalue weighted by Gasteiger charge is -2.33. The maximum atomic E-state index is 13.5. The number of carbonyl (C=O) groups is 2. The predicted molar refractivity (Wildman–Crippen MR) is 112 cm³/mol. The molecule has 1 aromatic heterocycles. The van der Waals surface area contributed by atoms with Crippen LogP contribution in [0.1, 0.15) is 45.4 Å². The summed E-state index contributed by atoms with van der Waals surface area (Å²) in [6.45, 7) is 1.10. The van der Waals surface area contributed by atoms with E-state index in [0.29, 0.717) is 24.5 Å². The molecule has 0 spiro atoms. The molecule has 1 fully saturated rings. The number of amides is 2. The smallest absolute Gasteiger partial charge is 0.282 e. The fraction of sp³-hybridized carbons (Fsp3) is 0.273. The van der Waals surface area contributed by atoms with Crippen molar-refractivity contribution in [3.63, 3.8) is 0 Å². The van der Waals surface area contributed by atoms with Gasteiger partial charge in [-0.05, 0) is 37.6 Å². The second kappa shape index (κ2) is 8.17. The van der Waals surface area contributed by atoms with Crippen molar-refractivity contribution in [2.24, 2.45) is 0 Å². The zero-order valence-electron chi connectivity index (χ0n) is 17.3. The van der Waals surface area contributed by atoms with Gasteiger partial charge >= 0.3 is 0 Å². The van der Waals surface area contributed by atoms with E-state index in [1.165, 1.54) is 30.3 Å². The van der Waals surface area contributed by atoms with E-state index in [-0.39, 0.29) is 35.2 Å². The van der Waals surface area contributed by atoms with Crippen LogP contribution in [-0.4, -0.2) is 56.4 Å². The Bertz CT molecular complexity index is 1280. The van der Waals surface area contributed by atoms with E-state index in [4.69, 9.17) is 4.52 Å². The number of aromatic nitrogens is 2. The van der Waals surface area contributed by atoms with Gasteiger partial charge < -0.3 is 4.52 Å². The highest BCUT2D eigenvalue weighted by Gasteiger charge is 2.42. The molecule has 5 rings (SSSR count). The Morgan fingerprint density at radius 1 is 1.18 bits per heavy atom. The molecule has 0 bridgehead atoms. The maximum Gasteiger partial charge on any atom is 0.282 e. The Morgan fingerprint density at radius 3 is 2.79 bits per heavy atom. The number of hydrogen-bond donors (Lipinski definition) is 0. The van der Waals surface area contributed by atoms with Gasteiger partial charge in [0.25, 0.3) is 17.5 Å². The third-order valence-corrected chi connectivity index (χ3v) is 5.89. The van der Waals surface area contributed by atoms with Crippen LogP contribution < -0.4 is 0 Å². The maximum absolute atomic E-state index is 13.5. The molecule has 1 atom stereocenters. The van der Waals surface area contributed by atoms with Gasteiger partial charge in [-0.2, -0.15) is 4.98 Å². The molecule has 2 aliphatic heterocycles. The van der Waals surface area contributed by atoms with Crippen LogP contribution in [-0.2, 0) is 0 Å². The molecule has 0 aliphatic carbocycles. The van der Waals surface area contributed by atoms with E-state index in [2.05, 4.69) is 10.1 Å². The first-order valence-corrected chi connectivity index (χ1v) is 10.4. The minimum Gasteiger partial charge on any atom is -0.339 e. The van der Waals surface area contributed by atoms with Crippen LogP contribution in [0.3, 0.4) is 0 Å². The van der Waals surface area contributed by atoms with Crippen LogP contribution >= 0.6 is 0 Å². The normalized spacial score (nSPS) is 18.6. The summed E-state index contributed by atoms with van der Waals surface area (Å²) < 4.78 is 18.9. The Labute approximate surface area is 186 Å². The Balaban J connectivity index is 1.31. The van der Waals surface area contributed by atoms with E-state index in [9.17, 15) is 24.1 Å². The molecule has 0 radical (unpaired) electrons. The fourth-order valence-corrected chi connectivity index (χ4v) is 4.33. The molecule has 2 amide bonds. The van der Waals surface area contributed by atoms with E-state index in [0.717, 1.165) is 17.7 Å². The van der Waals surface area contributed by atoms with Gasteiger partial charge in [0.15, 0.2) is 0 Å². The largest absolute Gasteiger partial charge is 0.339 e. The predicted octanol–water partition coefficient (Wildman–Crippen LogP) is 3.22. The number of rotatable bonds is 5. The number of nitro groups is 1. The second-order valence-electron chi connectivity index (χ2n) is 8.02. The van der Waals surface area contributed by atoms with E-state index in [1.807, 2.05) is 4.90 Å². The molecule has 33 heavy (non-hydrogen) atoms. The lowest BCUT2D eigenvalue weighted by atomic mass is 9.98. The highest BCUT2D eigenvalue weighted by Crippen LogP contribution is 2.32. The molecule has 10 nitrogen and oxygen atoms in total. The molecule has 0 N–H and O–H groups in total. The number of halogens is 1. The summed E-state index contributed by atoms with van der Waals surface area (Å²) in [5.41, 5.74) is 0.00276. The number of nitrogens with zero attached hydrogens (tertiary/aromatic N) is 5. The van der Waals surface area contributed by atoms with Crippen LogP contribution in [0.5, 0.6) is 0 Å². The minimum absolute atomic E-state index is 0.00485. The third-order valence-electron chi connectivity index (χ3n) is 5.89. The van der Waals surface area contributed by atoms with Crippen molar-refractivity contribution in [3.05, 3.63) is 75.4 Å². The van der Waals surface area contributed by atoms with Gasteiger partial charge in [0.1, 0.15) is 11.4 Å². The zero-order chi connectivity index (χ0) is 23.1. The first-order valence-electron chi connectivity index (χ1n) is 10.4. The quantitative estimate of drug-likeness (QED) is 0.329. The standard InChI is InChI=1S/C22H18FN5O5/c23-15-6-1-4-13(10-15)19-24-20(33-25-19)14-5-3-9-26(11-14)12-27-21(29)16-7-2-8-17(28(31)32)18(16)22(27)30/h1-2,4,6-8,10,14H,3,5,9,11-12H2. The van der Waals surface area contributed by atoms with Crippen LogP contribution in [0, 0.1) is 15.9 Å². The number of nitro benzene ring substituents is 1. The van der Waals surface area contributed by atoms with Crippen LogP contribution in [0.15, 0.2) is 47.0 Å². The van der Waals surface area contributed by atoms with E-state index in [1.54, 1.807) is 12.1 Å². The first kappa shape index (κ1) is 20.9. The molecular weight excluding hydrogens is 433 g/mol. The van der Waals surface area contributed by atoms with Crippen molar-refractivity contribution in [1.29, 1.82) is 0 Å². The van der Waals surface area contributed by atoms with Crippen molar-refractivity contribution in [1.82, 2.24) is 19.9 Å². The molecule has 1 unspecified atom stereocenters. The van der Waals surface area contributed by atoms with Crippen LogP contribution in [0.4, 0.5) is 10.1 Å². The highest BCUT2D eigenvalue weighted by atomic mass is 19.1. The fourth-order valence-electron chi connectivity index (χ4n) is 4.33. The number of fused-ring (bicyclic) bond motifs is 1. The SMILES string of the molecule is O=C1c2cccc([N+](=O)[O-])c2C(=O)N1CN1CCCC(c2nc(-c3cccc(F)c3)no2)C1. The summed E-state index contributed by atoms with van der Waals surface area (Å²) >= 11 is 0. The van der Waals surface area contributed by atoms with Crippen LogP contribution in [0.2, 0.25) is 0 Å². The molecule has 1 saturated heterocycles. The molecule has 168 valence electrons. The Morgan fingerprint density at radius 2 is 2.00 bits per heavy atom. The number of carbonyl (C=O) groups excluding carboxylic acids is 2. The van der Waals surface area contributed by atoms with E-state index >= 15 is 0 Å². The third kappa shape index (κ3) is 3.76. The highest BCUT2D eigenvalue weighted by molar-refractivity contribution is 6.23. The van der Waals surface area contributed by atoms with Gasteiger partial charge in [0.05, 0.1) is 23.1 Å². The number of imide groups is 1. The van der Waals surface area contributed by atoms with Crippen molar-refractivity contribution < 1.29 is 23.4 Å². The summed E-state index contributed by atoms with van der Waals surface area (Å²) in [5, 5.41) is 15.3. The lowest BCUT2D eigenvalue weighted by Crippen LogP contribution is -2.45. The minimum atomic E-state index is -0.671. The van der Waals surface area contributed by atoms with Gasteiger partial charge in [0.2, 0.25) is 11.7 Å². The molecule has 0 saturated carbocycles. The summed E-state index contributed by atoms with van der Waals surface area (Å²) in [7, 11) is 0. The van der Waals surface area contributed by atoms with Crippen molar-refractivity contribution in [2.45, 2.75) is 18.8 Å². The molecule has 2 aliphatic rings. The number of hydrogen-bond acceptors (Lipinski definition) is 8. The average Bonchev–Trinajstić information content (AvgIpc) is 3.40. The zero-order valence-corrected chi connectivity index (χ0v) is 17.3. The summed E-state index contributed by atoms with van der Waals surface area (Å²) in [5.74, 6) is -1.06. The Hall–Kier alpha value is -3.99. The topological polar surface area (TPSA) is 123 Å². The average molecular weight is 451 g/mol. The molecule has 3 aromatic rings. The van der Waals surface area contributed by atoms with Gasteiger partial charge in [-0.3, -0.25) is 29.5 Å². The summed E-state index contributed by atoms with van der Waals surface area (Å²) in [4.78, 5) is 43.6. The van der Waals surface area contributed by atoms with Crippen molar-refractivity contribution in [2.75, 3.05) is 19.8 Å². The van der Waals surface area contributed by atoms with Gasteiger partial charge in [-0.25, -0.2) is 4.39 Å². The lowest BCUT2D eigenvalue weighted by molar-refractivity contribution is -0.385. The molecular formula is C22H18FN5O5. The first-order chi connectivity index (χ1) is 15.9. The molecule has 2 aromatic carbocycles. The van der Waals surface area contributed by atoms with E-state index < -0.39 is 22.6 Å². The van der Waals surface area contributed by atoms with Gasteiger partial charge in [0, 0.05) is 18.2 Å². The second-order valence-corrected chi connectivity index (χ2v) is 8.02. The summed E-state index contributed by atoms with van der Waals surface area (Å²) in [6.07, 6.45) is 1.54. The number of benzene rings is 2. The monoisotopic (exact) mass is 451 g/mol. The number of likely N-dealkylation sites (tertiary alicyclic amines) is 1. The molecule has 3 heterocycles. The van der Waals surface area contributed by atoms with Crippen LogP contribution in [0.25, 0.3) is 11.4 Å². The molecule has 11 heteroatoms. The van der Waals surface area contributed by atoms with Crippen molar-refractivity contribution >= 4 is 17.5 Å². The number of piperidine rings is 1. The van der Waals surface area contributed by atoms with Gasteiger partial charge in [-0.15, -0.1) is 0 Å².